The monoisotopic (exact) mass is 208 g/mol. The summed E-state index contributed by atoms with van der Waals surface area (Å²) in [4.78, 5) is 11.6. The summed E-state index contributed by atoms with van der Waals surface area (Å²) in [5, 5.41) is 0.624. The summed E-state index contributed by atoms with van der Waals surface area (Å²) in [7, 11) is 1.56. The van der Waals surface area contributed by atoms with Crippen molar-refractivity contribution in [1.29, 1.82) is 0 Å². The van der Waals surface area contributed by atoms with Gasteiger partial charge in [-0.2, -0.15) is 0 Å². The normalized spacial score (nSPS) is 11.1. The van der Waals surface area contributed by atoms with Crippen LogP contribution in [0.5, 0.6) is 0 Å². The summed E-state index contributed by atoms with van der Waals surface area (Å²) in [6.07, 6.45) is 3.37. The van der Waals surface area contributed by atoms with Gasteiger partial charge in [0.05, 0.1) is 7.11 Å². The van der Waals surface area contributed by atoms with Gasteiger partial charge in [-0.1, -0.05) is 42.1 Å². The van der Waals surface area contributed by atoms with E-state index < -0.39 is 0 Å². The Morgan fingerprint density at radius 1 is 1.36 bits per heavy atom. The minimum atomic E-state index is -0.0307. The van der Waals surface area contributed by atoms with Crippen molar-refractivity contribution in [2.24, 2.45) is 0 Å². The largest absolute Gasteiger partial charge is 0.490 e. The summed E-state index contributed by atoms with van der Waals surface area (Å²) in [6, 6.07) is 9.13. The van der Waals surface area contributed by atoms with Crippen LogP contribution in [0.3, 0.4) is 0 Å². The van der Waals surface area contributed by atoms with Gasteiger partial charge in [-0.3, -0.25) is 4.79 Å². The molecule has 1 aromatic carbocycles. The number of ether oxygens (including phenoxy) is 1. The second-order valence-electron chi connectivity index (χ2n) is 2.60. The standard InChI is InChI=1S/C11H12O2S/c1-13-11(14-2)8-10(12)9-6-4-3-5-7-9/h3-8H,1-2H3/b11-8-. The molecule has 1 aromatic rings. The van der Waals surface area contributed by atoms with Gasteiger partial charge in [0, 0.05) is 11.6 Å². The maximum absolute atomic E-state index is 11.6. The van der Waals surface area contributed by atoms with Crippen molar-refractivity contribution in [2.45, 2.75) is 0 Å². The summed E-state index contributed by atoms with van der Waals surface area (Å²) < 4.78 is 4.99. The highest BCUT2D eigenvalue weighted by atomic mass is 32.2. The summed E-state index contributed by atoms with van der Waals surface area (Å²) >= 11 is 1.41. The Bertz CT molecular complexity index is 324. The number of rotatable bonds is 4. The number of benzene rings is 1. The third kappa shape index (κ3) is 2.92. The lowest BCUT2D eigenvalue weighted by molar-refractivity contribution is 0.104. The highest BCUT2D eigenvalue weighted by Crippen LogP contribution is 2.13. The number of carbonyl (C=O) groups is 1. The predicted octanol–water partition coefficient (Wildman–Crippen LogP) is 2.72. The number of thioether (sulfide) groups is 1. The number of methoxy groups -OCH3 is 1. The molecule has 0 aliphatic rings. The van der Waals surface area contributed by atoms with E-state index in [4.69, 9.17) is 4.74 Å². The Balaban J connectivity index is 2.82. The van der Waals surface area contributed by atoms with E-state index in [-0.39, 0.29) is 5.78 Å². The number of allylic oxidation sites excluding steroid dienone is 1. The fourth-order valence-corrected chi connectivity index (χ4v) is 1.39. The molecule has 0 aromatic heterocycles. The molecular formula is C11H12O2S. The quantitative estimate of drug-likeness (QED) is 0.432. The van der Waals surface area contributed by atoms with E-state index >= 15 is 0 Å². The van der Waals surface area contributed by atoms with Gasteiger partial charge in [0.1, 0.15) is 0 Å². The average Bonchev–Trinajstić information content (AvgIpc) is 2.26. The van der Waals surface area contributed by atoms with Gasteiger partial charge in [-0.25, -0.2) is 0 Å². The van der Waals surface area contributed by atoms with Crippen molar-refractivity contribution in [3.8, 4) is 0 Å². The van der Waals surface area contributed by atoms with Crippen LogP contribution in [0.1, 0.15) is 10.4 Å². The minimum absolute atomic E-state index is 0.0307. The van der Waals surface area contributed by atoms with E-state index in [0.717, 1.165) is 0 Å². The SMILES string of the molecule is CO/C(=C/C(=O)c1ccccc1)SC. The van der Waals surface area contributed by atoms with E-state index in [0.29, 0.717) is 10.7 Å². The Morgan fingerprint density at radius 3 is 2.50 bits per heavy atom. The first-order chi connectivity index (χ1) is 6.77. The first-order valence-corrected chi connectivity index (χ1v) is 5.39. The first kappa shape index (κ1) is 10.9. The van der Waals surface area contributed by atoms with Crippen LogP contribution in [0.2, 0.25) is 0 Å². The summed E-state index contributed by atoms with van der Waals surface area (Å²) in [5.41, 5.74) is 0.677. The average molecular weight is 208 g/mol. The molecule has 0 aliphatic carbocycles. The maximum Gasteiger partial charge on any atom is 0.190 e. The van der Waals surface area contributed by atoms with Crippen molar-refractivity contribution < 1.29 is 9.53 Å². The van der Waals surface area contributed by atoms with Crippen LogP contribution >= 0.6 is 11.8 Å². The van der Waals surface area contributed by atoms with Gasteiger partial charge in [0.25, 0.3) is 0 Å². The van der Waals surface area contributed by atoms with E-state index in [1.807, 2.05) is 24.5 Å². The number of hydrogen-bond acceptors (Lipinski definition) is 3. The lowest BCUT2D eigenvalue weighted by Crippen LogP contribution is -1.95. The van der Waals surface area contributed by atoms with E-state index in [1.165, 1.54) is 17.8 Å². The van der Waals surface area contributed by atoms with Crippen molar-refractivity contribution in [3.05, 3.63) is 47.1 Å². The molecule has 0 N–H and O–H groups in total. The molecule has 0 amide bonds. The van der Waals surface area contributed by atoms with Crippen molar-refractivity contribution in [1.82, 2.24) is 0 Å². The zero-order chi connectivity index (χ0) is 10.4. The second-order valence-corrected chi connectivity index (χ2v) is 3.41. The fraction of sp³-hybridized carbons (Fsp3) is 0.182. The van der Waals surface area contributed by atoms with Crippen LogP contribution in [0, 0.1) is 0 Å². The van der Waals surface area contributed by atoms with E-state index in [2.05, 4.69) is 0 Å². The molecule has 0 spiro atoms. The molecule has 0 saturated heterocycles. The van der Waals surface area contributed by atoms with E-state index in [1.54, 1.807) is 19.2 Å². The summed E-state index contributed by atoms with van der Waals surface area (Å²) in [5.74, 6) is -0.0307. The molecule has 0 unspecified atom stereocenters. The maximum atomic E-state index is 11.6. The lowest BCUT2D eigenvalue weighted by Gasteiger charge is -2.00. The molecule has 0 radical (unpaired) electrons. The number of hydrogen-bond donors (Lipinski definition) is 0. The van der Waals surface area contributed by atoms with E-state index in [9.17, 15) is 4.79 Å². The Hall–Kier alpha value is -1.22. The molecule has 0 aliphatic heterocycles. The van der Waals surface area contributed by atoms with Gasteiger partial charge in [-0.05, 0) is 6.26 Å². The van der Waals surface area contributed by atoms with Gasteiger partial charge >= 0.3 is 0 Å². The zero-order valence-corrected chi connectivity index (χ0v) is 9.01. The third-order valence-electron chi connectivity index (χ3n) is 1.71. The van der Waals surface area contributed by atoms with Crippen LogP contribution in [0.15, 0.2) is 41.5 Å². The van der Waals surface area contributed by atoms with Crippen LogP contribution in [0.25, 0.3) is 0 Å². The Labute approximate surface area is 88.0 Å². The molecule has 0 fully saturated rings. The van der Waals surface area contributed by atoms with Crippen LogP contribution < -0.4 is 0 Å². The lowest BCUT2D eigenvalue weighted by atomic mass is 10.1. The Kier molecular flexibility index (Phi) is 4.26. The number of carbonyl (C=O) groups excluding carboxylic acids is 1. The van der Waals surface area contributed by atoms with Gasteiger partial charge in [0.15, 0.2) is 10.9 Å². The molecule has 14 heavy (non-hydrogen) atoms. The van der Waals surface area contributed by atoms with Gasteiger partial charge in [0.2, 0.25) is 0 Å². The van der Waals surface area contributed by atoms with Crippen molar-refractivity contribution >= 4 is 17.5 Å². The van der Waals surface area contributed by atoms with Crippen molar-refractivity contribution in [3.63, 3.8) is 0 Å². The zero-order valence-electron chi connectivity index (χ0n) is 8.19. The molecule has 0 atom stereocenters. The highest BCUT2D eigenvalue weighted by Gasteiger charge is 2.03. The molecule has 74 valence electrons. The van der Waals surface area contributed by atoms with Crippen LogP contribution in [-0.4, -0.2) is 19.1 Å². The number of ketones is 1. The predicted molar refractivity (Wildman–Crippen MR) is 59.4 cm³/mol. The highest BCUT2D eigenvalue weighted by molar-refractivity contribution is 8.02. The van der Waals surface area contributed by atoms with Crippen molar-refractivity contribution in [2.75, 3.05) is 13.4 Å². The van der Waals surface area contributed by atoms with Gasteiger partial charge in [-0.15, -0.1) is 0 Å². The summed E-state index contributed by atoms with van der Waals surface area (Å²) in [6.45, 7) is 0. The molecule has 2 nitrogen and oxygen atoms in total. The third-order valence-corrected chi connectivity index (χ3v) is 2.40. The Morgan fingerprint density at radius 2 is 2.00 bits per heavy atom. The smallest absolute Gasteiger partial charge is 0.190 e. The first-order valence-electron chi connectivity index (χ1n) is 4.17. The van der Waals surface area contributed by atoms with Gasteiger partial charge < -0.3 is 4.74 Å². The minimum Gasteiger partial charge on any atom is -0.490 e. The molecule has 0 saturated carbocycles. The fourth-order valence-electron chi connectivity index (χ4n) is 0.994. The second kappa shape index (κ2) is 5.50. The van der Waals surface area contributed by atoms with Crippen LogP contribution in [-0.2, 0) is 4.74 Å². The molecule has 1 rings (SSSR count). The molecule has 0 heterocycles. The topological polar surface area (TPSA) is 26.3 Å². The van der Waals surface area contributed by atoms with Crippen LogP contribution in [0.4, 0.5) is 0 Å². The molecule has 3 heteroatoms. The molecular weight excluding hydrogens is 196 g/mol. The molecule has 0 bridgehead atoms.